The van der Waals surface area contributed by atoms with Gasteiger partial charge < -0.3 is 14.5 Å². The fraction of sp³-hybridized carbons (Fsp3) is 0.960. The molecule has 1 heterocycles. The Morgan fingerprint density at radius 3 is 1.70 bits per heavy atom. The van der Waals surface area contributed by atoms with Crippen LogP contribution in [0, 0.1) is 0 Å². The lowest BCUT2D eigenvalue weighted by molar-refractivity contribution is -0.145. The van der Waals surface area contributed by atoms with E-state index in [9.17, 15) is 14.3 Å². The highest BCUT2D eigenvalue weighted by Crippen LogP contribution is 2.61. The highest BCUT2D eigenvalue weighted by molar-refractivity contribution is 8.55. The van der Waals surface area contributed by atoms with Gasteiger partial charge in [-0.15, -0.1) is 0 Å². The van der Waals surface area contributed by atoms with Gasteiger partial charge in [0.2, 0.25) is 0 Å². The van der Waals surface area contributed by atoms with Crippen LogP contribution in [0.3, 0.4) is 0 Å². The van der Waals surface area contributed by atoms with Crippen LogP contribution in [-0.2, 0) is 18.6 Å². The first-order valence-electron chi connectivity index (χ1n) is 13.4. The quantitative estimate of drug-likeness (QED) is 0.109. The summed E-state index contributed by atoms with van der Waals surface area (Å²) in [6, 6.07) is 0. The van der Waals surface area contributed by atoms with E-state index < -0.39 is 12.9 Å². The molecule has 1 aliphatic rings. The molecule has 0 aromatic heterocycles. The number of rotatable bonds is 19. The number of ether oxygens (including phenoxy) is 1. The summed E-state index contributed by atoms with van der Waals surface area (Å²) in [5.74, 6) is 0.168. The molecule has 1 N–H and O–H groups in total. The topological polar surface area (TPSA) is 76.1 Å². The maximum Gasteiger partial charge on any atom is 0.387 e. The average Bonchev–Trinajstić information content (AvgIpc) is 3.15. The summed E-state index contributed by atoms with van der Waals surface area (Å²) in [6.07, 6.45) is 16.6. The zero-order valence-corrected chi connectivity index (χ0v) is 23.6. The number of hydrogen-bond acceptors (Lipinski definition) is 6. The lowest BCUT2D eigenvalue weighted by Crippen LogP contribution is -2.21. The summed E-state index contributed by atoms with van der Waals surface area (Å²) in [7, 11) is 0. The Morgan fingerprint density at radius 1 is 0.879 bits per heavy atom. The van der Waals surface area contributed by atoms with Crippen LogP contribution in [0.15, 0.2) is 0 Å². The predicted octanol–water partition coefficient (Wildman–Crippen LogP) is 7.59. The molecule has 8 heteroatoms. The lowest BCUT2D eigenvalue weighted by Gasteiger charge is -2.13. The Hall–Kier alpha value is -0.0700. The maximum absolute atomic E-state index is 11.6. The maximum atomic E-state index is 11.6. The summed E-state index contributed by atoms with van der Waals surface area (Å²) in [4.78, 5) is 23.2. The van der Waals surface area contributed by atoms with Crippen LogP contribution in [0.4, 0.5) is 0 Å². The van der Waals surface area contributed by atoms with Gasteiger partial charge in [-0.05, 0) is 37.4 Å². The first-order chi connectivity index (χ1) is 15.9. The first-order valence-corrected chi connectivity index (χ1v) is 16.6. The first kappa shape index (κ1) is 32.9. The standard InChI is InChI=1S/C19H37O5PS.C6H15N/c1-2-3-4-5-6-7-8-9-10-11-12-13-14-15-19(20)23-16-18-17-26-25(21,22)24-18;1-4-7(5-2)6-3/h18H,2-17H2,1H3,(H,21,22);4-6H2,1-3H3. The molecule has 0 spiro atoms. The van der Waals surface area contributed by atoms with E-state index >= 15 is 0 Å². The van der Waals surface area contributed by atoms with Crippen molar-refractivity contribution in [2.75, 3.05) is 32.0 Å². The second kappa shape index (κ2) is 22.4. The molecular formula is C25H52NO5PS. The Balaban J connectivity index is 0.00000126. The van der Waals surface area contributed by atoms with E-state index in [-0.39, 0.29) is 12.6 Å². The van der Waals surface area contributed by atoms with Gasteiger partial charge in [-0.3, -0.25) is 9.32 Å². The van der Waals surface area contributed by atoms with Gasteiger partial charge in [0.15, 0.2) is 0 Å². The Kier molecular flexibility index (Phi) is 22.4. The van der Waals surface area contributed by atoms with Gasteiger partial charge in [-0.1, -0.05) is 105 Å². The zero-order valence-electron chi connectivity index (χ0n) is 21.9. The molecular weight excluding hydrogens is 457 g/mol. The minimum atomic E-state index is -3.49. The van der Waals surface area contributed by atoms with Crippen molar-refractivity contribution in [1.82, 2.24) is 4.90 Å². The van der Waals surface area contributed by atoms with Gasteiger partial charge in [0.1, 0.15) is 12.7 Å². The van der Waals surface area contributed by atoms with E-state index in [0.29, 0.717) is 12.2 Å². The third kappa shape index (κ3) is 21.0. The number of carbonyl (C=O) groups is 1. The molecule has 1 fully saturated rings. The van der Waals surface area contributed by atoms with Gasteiger partial charge in [0.25, 0.3) is 0 Å². The van der Waals surface area contributed by atoms with Crippen LogP contribution in [0.2, 0.25) is 0 Å². The molecule has 0 saturated carbocycles. The van der Waals surface area contributed by atoms with Crippen LogP contribution in [0.25, 0.3) is 0 Å². The molecule has 33 heavy (non-hydrogen) atoms. The van der Waals surface area contributed by atoms with Crippen molar-refractivity contribution in [3.63, 3.8) is 0 Å². The number of carbonyl (C=O) groups excluding carboxylic acids is 1. The normalized spacial score (nSPS) is 20.0. The van der Waals surface area contributed by atoms with E-state index in [2.05, 4.69) is 32.6 Å². The van der Waals surface area contributed by atoms with E-state index in [0.717, 1.165) is 24.2 Å². The molecule has 0 amide bonds. The van der Waals surface area contributed by atoms with Crippen LogP contribution in [-0.4, -0.2) is 53.9 Å². The van der Waals surface area contributed by atoms with Gasteiger partial charge in [-0.2, -0.15) is 0 Å². The molecule has 0 aliphatic carbocycles. The van der Waals surface area contributed by atoms with Crippen molar-refractivity contribution in [2.45, 2.75) is 124 Å². The molecule has 6 nitrogen and oxygen atoms in total. The van der Waals surface area contributed by atoms with Gasteiger partial charge in [0.05, 0.1) is 0 Å². The molecule has 2 atom stereocenters. The van der Waals surface area contributed by atoms with Crippen molar-refractivity contribution in [2.24, 2.45) is 0 Å². The third-order valence-corrected chi connectivity index (χ3v) is 9.06. The molecule has 198 valence electrons. The van der Waals surface area contributed by atoms with Gasteiger partial charge >= 0.3 is 12.8 Å². The molecule has 0 bridgehead atoms. The number of nitrogens with zero attached hydrogens (tertiary/aromatic N) is 1. The third-order valence-electron chi connectivity index (χ3n) is 5.96. The largest absolute Gasteiger partial charge is 0.463 e. The zero-order chi connectivity index (χ0) is 24.8. The minimum Gasteiger partial charge on any atom is -0.463 e. The number of esters is 1. The van der Waals surface area contributed by atoms with E-state index in [1.165, 1.54) is 90.3 Å². The van der Waals surface area contributed by atoms with Crippen LogP contribution < -0.4 is 0 Å². The fourth-order valence-electron chi connectivity index (χ4n) is 3.72. The molecule has 1 saturated heterocycles. The summed E-state index contributed by atoms with van der Waals surface area (Å²) < 4.78 is 21.3. The number of unbranched alkanes of at least 4 members (excludes halogenated alkanes) is 12. The molecule has 2 unspecified atom stereocenters. The van der Waals surface area contributed by atoms with Gasteiger partial charge in [-0.25, -0.2) is 4.57 Å². The molecule has 0 radical (unpaired) electrons. The van der Waals surface area contributed by atoms with Crippen LogP contribution in [0.1, 0.15) is 118 Å². The summed E-state index contributed by atoms with van der Waals surface area (Å²) in [6.45, 7) is 8.97. The highest BCUT2D eigenvalue weighted by Gasteiger charge is 2.35. The molecule has 0 aromatic carbocycles. The smallest absolute Gasteiger partial charge is 0.387 e. The summed E-state index contributed by atoms with van der Waals surface area (Å²) >= 11 is 0.895. The van der Waals surface area contributed by atoms with Crippen molar-refractivity contribution in [3.8, 4) is 0 Å². The van der Waals surface area contributed by atoms with Crippen molar-refractivity contribution in [3.05, 3.63) is 0 Å². The molecule has 1 aliphatic heterocycles. The van der Waals surface area contributed by atoms with Crippen LogP contribution >= 0.6 is 18.2 Å². The Bertz CT molecular complexity index is 500. The second-order valence-electron chi connectivity index (χ2n) is 8.79. The Morgan fingerprint density at radius 2 is 1.33 bits per heavy atom. The molecule has 0 aromatic rings. The van der Waals surface area contributed by atoms with Crippen molar-refractivity contribution >= 4 is 24.1 Å². The van der Waals surface area contributed by atoms with Crippen molar-refractivity contribution in [1.29, 1.82) is 0 Å². The fourth-order valence-corrected chi connectivity index (χ4v) is 6.53. The summed E-state index contributed by atoms with van der Waals surface area (Å²) in [5, 5.41) is 0. The summed E-state index contributed by atoms with van der Waals surface area (Å²) in [5.41, 5.74) is 0. The SMILES string of the molecule is CCCCCCCCCCCCCCCC(=O)OCC1CSP(=O)(O)O1.CCN(CC)CC. The van der Waals surface area contributed by atoms with Crippen LogP contribution in [0.5, 0.6) is 0 Å². The van der Waals surface area contributed by atoms with E-state index in [4.69, 9.17) is 9.26 Å². The lowest BCUT2D eigenvalue weighted by atomic mass is 10.0. The van der Waals surface area contributed by atoms with Crippen molar-refractivity contribution < 1.29 is 23.5 Å². The minimum absolute atomic E-state index is 0.0782. The second-order valence-corrected chi connectivity index (χ2v) is 12.7. The van der Waals surface area contributed by atoms with E-state index in [1.807, 2.05) is 0 Å². The predicted molar refractivity (Wildman–Crippen MR) is 142 cm³/mol. The monoisotopic (exact) mass is 509 g/mol. The van der Waals surface area contributed by atoms with E-state index in [1.54, 1.807) is 0 Å². The Labute approximate surface area is 208 Å². The van der Waals surface area contributed by atoms with Gasteiger partial charge in [0, 0.05) is 12.2 Å². The number of hydrogen-bond donors (Lipinski definition) is 1. The average molecular weight is 510 g/mol. The molecule has 1 rings (SSSR count). The highest BCUT2D eigenvalue weighted by atomic mass is 32.7.